The Hall–Kier alpha value is -2.18. The van der Waals surface area contributed by atoms with Gasteiger partial charge in [0.1, 0.15) is 0 Å². The zero-order valence-electron chi connectivity index (χ0n) is 17.6. The molecule has 156 valence electrons. The molecular weight excluding hydrogens is 364 g/mol. The molecule has 1 amide bonds. The van der Waals surface area contributed by atoms with Gasteiger partial charge in [0.2, 0.25) is 0 Å². The first-order valence-corrected chi connectivity index (χ1v) is 10.8. The lowest BCUT2D eigenvalue weighted by atomic mass is 9.84. The van der Waals surface area contributed by atoms with Gasteiger partial charge in [0, 0.05) is 50.0 Å². The summed E-state index contributed by atoms with van der Waals surface area (Å²) in [5, 5.41) is 4.38. The summed E-state index contributed by atoms with van der Waals surface area (Å²) in [6.45, 7) is 1.69. The van der Waals surface area contributed by atoms with E-state index in [4.69, 9.17) is 10.5 Å². The average molecular weight is 397 g/mol. The van der Waals surface area contributed by atoms with Crippen molar-refractivity contribution in [1.29, 1.82) is 0 Å². The minimum absolute atomic E-state index is 0.125. The number of carbonyl (C=O) groups excluding carboxylic acids is 1. The second-order valence-electron chi connectivity index (χ2n) is 8.51. The number of nitrogens with two attached hydrogens (primary N) is 1. The van der Waals surface area contributed by atoms with Gasteiger partial charge in [-0.25, -0.2) is 0 Å². The number of nitrogens with zero attached hydrogens (tertiary/aromatic N) is 3. The Labute approximate surface area is 173 Å². The number of carbonyl (C=O) groups is 1. The average Bonchev–Trinajstić information content (AvgIpc) is 3.26. The van der Waals surface area contributed by atoms with E-state index in [1.807, 2.05) is 35.0 Å². The zero-order chi connectivity index (χ0) is 20.4. The van der Waals surface area contributed by atoms with E-state index < -0.39 is 0 Å². The summed E-state index contributed by atoms with van der Waals surface area (Å²) in [6, 6.07) is 6.25. The molecule has 1 fully saturated rings. The number of ether oxygens (including phenoxy) is 1. The molecule has 1 atom stereocenters. The molecule has 0 spiro atoms. The van der Waals surface area contributed by atoms with Crippen LogP contribution in [0.3, 0.4) is 0 Å². The van der Waals surface area contributed by atoms with Crippen LogP contribution in [-0.2, 0) is 24.9 Å². The van der Waals surface area contributed by atoms with E-state index in [9.17, 15) is 4.79 Å². The van der Waals surface area contributed by atoms with E-state index in [0.717, 1.165) is 34.4 Å². The first-order chi connectivity index (χ1) is 14.1. The van der Waals surface area contributed by atoms with Gasteiger partial charge < -0.3 is 15.4 Å². The number of amides is 1. The topological polar surface area (TPSA) is 73.4 Å². The highest BCUT2D eigenvalue weighted by Crippen LogP contribution is 2.34. The Balaban J connectivity index is 1.56. The maximum absolute atomic E-state index is 13.1. The molecule has 2 N–H and O–H groups in total. The largest absolute Gasteiger partial charge is 0.380 e. The Morgan fingerprint density at radius 3 is 2.79 bits per heavy atom. The molecule has 1 saturated carbocycles. The normalized spacial score (nSPS) is 18.3. The number of benzene rings is 1. The van der Waals surface area contributed by atoms with Crippen LogP contribution in [0.2, 0.25) is 0 Å². The molecule has 0 bridgehead atoms. The van der Waals surface area contributed by atoms with Crippen molar-refractivity contribution >= 4 is 5.91 Å². The maximum Gasteiger partial charge on any atom is 0.254 e. The number of rotatable bonds is 7. The second-order valence-corrected chi connectivity index (χ2v) is 8.51. The van der Waals surface area contributed by atoms with Crippen LogP contribution in [-0.4, -0.2) is 40.3 Å². The monoisotopic (exact) mass is 396 g/mol. The molecule has 2 aromatic rings. The number of methoxy groups -OCH3 is 1. The highest BCUT2D eigenvalue weighted by molar-refractivity contribution is 5.99. The quantitative estimate of drug-likeness (QED) is 0.778. The van der Waals surface area contributed by atoms with Gasteiger partial charge in [0.15, 0.2) is 0 Å². The second kappa shape index (κ2) is 8.67. The lowest BCUT2D eigenvalue weighted by molar-refractivity contribution is 0.0674. The number of fused-ring (bicyclic) bond motifs is 1. The van der Waals surface area contributed by atoms with E-state index in [2.05, 4.69) is 11.2 Å². The van der Waals surface area contributed by atoms with Crippen LogP contribution in [0.25, 0.3) is 11.3 Å². The molecule has 0 unspecified atom stereocenters. The van der Waals surface area contributed by atoms with Gasteiger partial charge in [-0.2, -0.15) is 5.10 Å². The van der Waals surface area contributed by atoms with E-state index in [-0.39, 0.29) is 11.9 Å². The highest BCUT2D eigenvalue weighted by Gasteiger charge is 2.34. The molecule has 6 nitrogen and oxygen atoms in total. The third-order valence-corrected chi connectivity index (χ3v) is 6.57. The molecule has 1 aromatic heterocycles. The fraction of sp³-hybridized carbons (Fsp3) is 0.565. The number of hydrogen-bond donors (Lipinski definition) is 1. The van der Waals surface area contributed by atoms with Crippen LogP contribution in [0.15, 0.2) is 24.4 Å². The molecule has 29 heavy (non-hydrogen) atoms. The van der Waals surface area contributed by atoms with Crippen molar-refractivity contribution in [1.82, 2.24) is 14.7 Å². The summed E-state index contributed by atoms with van der Waals surface area (Å²) in [6.07, 6.45) is 9.40. The van der Waals surface area contributed by atoms with Gasteiger partial charge in [-0.15, -0.1) is 0 Å². The summed E-state index contributed by atoms with van der Waals surface area (Å²) in [5.74, 6) is 0.829. The van der Waals surface area contributed by atoms with Crippen molar-refractivity contribution in [3.05, 3.63) is 41.1 Å². The van der Waals surface area contributed by atoms with Gasteiger partial charge in [-0.1, -0.05) is 38.2 Å². The lowest BCUT2D eigenvalue weighted by Gasteiger charge is -2.31. The zero-order valence-corrected chi connectivity index (χ0v) is 17.6. The van der Waals surface area contributed by atoms with Crippen molar-refractivity contribution in [2.75, 3.05) is 13.7 Å². The van der Waals surface area contributed by atoms with E-state index in [1.165, 1.54) is 32.1 Å². The van der Waals surface area contributed by atoms with Crippen LogP contribution in [0, 0.1) is 5.92 Å². The number of hydrogen-bond acceptors (Lipinski definition) is 4. The van der Waals surface area contributed by atoms with Gasteiger partial charge in [0.25, 0.3) is 5.91 Å². The Morgan fingerprint density at radius 2 is 2.07 bits per heavy atom. The fourth-order valence-electron chi connectivity index (χ4n) is 5.06. The van der Waals surface area contributed by atoms with E-state index in [0.29, 0.717) is 25.6 Å². The Bertz CT molecular complexity index is 870. The SMILES string of the molecule is COCc1cnn(C)c1-c1ccc2c(c1)CN([C@H](CN)CC1CCCCC1)C2=O. The van der Waals surface area contributed by atoms with Crippen LogP contribution in [0.5, 0.6) is 0 Å². The summed E-state index contributed by atoms with van der Waals surface area (Å²) in [7, 11) is 3.63. The third-order valence-electron chi connectivity index (χ3n) is 6.57. The van der Waals surface area contributed by atoms with Crippen LogP contribution < -0.4 is 5.73 Å². The minimum atomic E-state index is 0.125. The van der Waals surface area contributed by atoms with Gasteiger partial charge in [0.05, 0.1) is 18.5 Å². The predicted molar refractivity (Wildman–Crippen MR) is 113 cm³/mol. The van der Waals surface area contributed by atoms with Crippen molar-refractivity contribution in [2.45, 2.75) is 57.7 Å². The standard InChI is InChI=1S/C23H32N4O2/c1-26-22(19(13-25-26)15-29-2)17-8-9-21-18(11-17)14-27(23(21)28)20(12-24)10-16-6-4-3-5-7-16/h8-9,11,13,16,20H,3-7,10,12,14-15,24H2,1-2H3/t20-/m0/s1. The highest BCUT2D eigenvalue weighted by atomic mass is 16.5. The van der Waals surface area contributed by atoms with Crippen LogP contribution in [0.4, 0.5) is 0 Å². The van der Waals surface area contributed by atoms with Crippen molar-refractivity contribution < 1.29 is 9.53 Å². The van der Waals surface area contributed by atoms with Crippen molar-refractivity contribution in [3.63, 3.8) is 0 Å². The molecule has 2 aliphatic rings. The van der Waals surface area contributed by atoms with Gasteiger partial charge in [-0.3, -0.25) is 9.48 Å². The molecule has 4 rings (SSSR count). The lowest BCUT2D eigenvalue weighted by Crippen LogP contribution is -2.42. The minimum Gasteiger partial charge on any atom is -0.380 e. The van der Waals surface area contributed by atoms with E-state index in [1.54, 1.807) is 7.11 Å². The first-order valence-electron chi connectivity index (χ1n) is 10.8. The Morgan fingerprint density at radius 1 is 1.28 bits per heavy atom. The molecule has 1 aromatic carbocycles. The maximum atomic E-state index is 13.1. The van der Waals surface area contributed by atoms with E-state index >= 15 is 0 Å². The van der Waals surface area contributed by atoms with Crippen molar-refractivity contribution in [3.8, 4) is 11.3 Å². The molecule has 2 heterocycles. The number of aromatic nitrogens is 2. The molecule has 6 heteroatoms. The summed E-state index contributed by atoms with van der Waals surface area (Å²) in [4.78, 5) is 15.1. The van der Waals surface area contributed by atoms with Crippen LogP contribution >= 0.6 is 0 Å². The number of aryl methyl sites for hydroxylation is 1. The van der Waals surface area contributed by atoms with Gasteiger partial charge >= 0.3 is 0 Å². The Kier molecular flexibility index (Phi) is 6.01. The van der Waals surface area contributed by atoms with Crippen molar-refractivity contribution in [2.24, 2.45) is 18.7 Å². The predicted octanol–water partition coefficient (Wildman–Crippen LogP) is 3.49. The van der Waals surface area contributed by atoms with Gasteiger partial charge in [-0.05, 0) is 30.0 Å². The third kappa shape index (κ3) is 3.96. The summed E-state index contributed by atoms with van der Waals surface area (Å²) in [5.41, 5.74) is 11.2. The molecule has 1 aliphatic heterocycles. The smallest absolute Gasteiger partial charge is 0.254 e. The molecule has 0 radical (unpaired) electrons. The van der Waals surface area contributed by atoms with Crippen LogP contribution in [0.1, 0.15) is 60.0 Å². The molecule has 0 saturated heterocycles. The fourth-order valence-corrected chi connectivity index (χ4v) is 5.06. The summed E-state index contributed by atoms with van der Waals surface area (Å²) < 4.78 is 7.19. The molecular formula is C23H32N4O2. The summed E-state index contributed by atoms with van der Waals surface area (Å²) >= 11 is 0. The first kappa shape index (κ1) is 20.1. The molecule has 1 aliphatic carbocycles.